The summed E-state index contributed by atoms with van der Waals surface area (Å²) in [5.41, 5.74) is 7.97. The molecule has 0 aliphatic carbocycles. The first-order valence-electron chi connectivity index (χ1n) is 6.66. The first kappa shape index (κ1) is 16.2. The van der Waals surface area contributed by atoms with Crippen molar-refractivity contribution < 1.29 is 10.3 Å². The molecule has 0 unspecified atom stereocenters. The van der Waals surface area contributed by atoms with Crippen molar-refractivity contribution in [2.75, 3.05) is 25.1 Å². The van der Waals surface area contributed by atoms with Gasteiger partial charge in [0.25, 0.3) is 0 Å². The average molecular weight is 281 g/mol. The topological polar surface area (TPSA) is 108 Å². The van der Waals surface area contributed by atoms with Gasteiger partial charge in [-0.2, -0.15) is 5.10 Å². The summed E-state index contributed by atoms with van der Waals surface area (Å²) in [7, 11) is 1.89. The predicted octanol–water partition coefficient (Wildman–Crippen LogP) is 0.787. The van der Waals surface area contributed by atoms with Gasteiger partial charge in [0.05, 0.1) is 11.3 Å². The van der Waals surface area contributed by atoms with Crippen LogP contribution in [-0.2, 0) is 0 Å². The summed E-state index contributed by atoms with van der Waals surface area (Å²) in [6.45, 7) is 4.69. The van der Waals surface area contributed by atoms with Crippen molar-refractivity contribution in [1.82, 2.24) is 10.2 Å². The van der Waals surface area contributed by atoms with E-state index in [1.807, 2.05) is 25.8 Å². The van der Waals surface area contributed by atoms with Crippen molar-refractivity contribution in [3.63, 3.8) is 0 Å². The van der Waals surface area contributed by atoms with Gasteiger partial charge in [0.2, 0.25) is 0 Å². The molecule has 7 nitrogen and oxygen atoms in total. The van der Waals surface area contributed by atoms with Gasteiger partial charge in [0.15, 0.2) is 11.7 Å². The second kappa shape index (κ2) is 7.64. The molecule has 1 aromatic heterocycles. The van der Waals surface area contributed by atoms with E-state index in [2.05, 4.69) is 15.4 Å². The molecule has 0 atom stereocenters. The Morgan fingerprint density at radius 1 is 1.25 bits per heavy atom. The number of aromatic nitrogens is 2. The number of amidine groups is 1. The minimum atomic E-state index is 0.0395. The van der Waals surface area contributed by atoms with Gasteiger partial charge >= 0.3 is 0 Å². The third-order valence-corrected chi connectivity index (χ3v) is 3.31. The van der Waals surface area contributed by atoms with Crippen molar-refractivity contribution in [2.45, 2.75) is 33.1 Å². The highest BCUT2D eigenvalue weighted by Crippen LogP contribution is 2.21. The van der Waals surface area contributed by atoms with Crippen molar-refractivity contribution in [1.29, 1.82) is 0 Å². The zero-order valence-corrected chi connectivity index (χ0v) is 12.3. The van der Waals surface area contributed by atoms with E-state index in [-0.39, 0.29) is 12.4 Å². The average Bonchev–Trinajstić information content (AvgIpc) is 2.45. The lowest BCUT2D eigenvalue weighted by molar-refractivity contribution is 0.283. The zero-order chi connectivity index (χ0) is 15.1. The first-order chi connectivity index (χ1) is 9.52. The molecule has 0 aliphatic rings. The van der Waals surface area contributed by atoms with Crippen molar-refractivity contribution in [3.05, 3.63) is 16.8 Å². The normalized spacial score (nSPS) is 11.7. The molecule has 1 rings (SSSR count). The lowest BCUT2D eigenvalue weighted by atomic mass is 10.1. The number of nitrogens with two attached hydrogens (primary N) is 1. The Bertz CT molecular complexity index is 476. The van der Waals surface area contributed by atoms with Gasteiger partial charge in [-0.1, -0.05) is 5.16 Å². The van der Waals surface area contributed by atoms with Crippen molar-refractivity contribution in [2.24, 2.45) is 10.9 Å². The van der Waals surface area contributed by atoms with E-state index in [1.165, 1.54) is 0 Å². The Hall–Kier alpha value is -1.89. The Kier molecular flexibility index (Phi) is 6.17. The fraction of sp³-hybridized carbons (Fsp3) is 0.615. The molecule has 0 aromatic carbocycles. The van der Waals surface area contributed by atoms with Crippen LogP contribution in [0.1, 0.15) is 36.1 Å². The van der Waals surface area contributed by atoms with Crippen LogP contribution in [0.15, 0.2) is 5.16 Å². The quantitative estimate of drug-likeness (QED) is 0.224. The molecular formula is C13H23N5O2. The van der Waals surface area contributed by atoms with Gasteiger partial charge in [-0.05, 0) is 38.7 Å². The fourth-order valence-corrected chi connectivity index (χ4v) is 1.96. The first-order valence-corrected chi connectivity index (χ1v) is 6.66. The molecule has 1 heterocycles. The number of aliphatic hydroxyl groups excluding tert-OH is 1. The zero-order valence-electron chi connectivity index (χ0n) is 12.3. The number of nitrogens with zero attached hydrogens (tertiary/aromatic N) is 4. The van der Waals surface area contributed by atoms with Crippen LogP contribution < -0.4 is 10.6 Å². The minimum absolute atomic E-state index is 0.0395. The maximum absolute atomic E-state index is 8.92. The van der Waals surface area contributed by atoms with E-state index in [0.717, 1.165) is 37.1 Å². The summed E-state index contributed by atoms with van der Waals surface area (Å²) in [6, 6.07) is 0. The van der Waals surface area contributed by atoms with Crippen LogP contribution in [0, 0.1) is 13.8 Å². The number of unbranched alkanes of at least 4 members (excludes halogenated alkanes) is 2. The molecular weight excluding hydrogens is 258 g/mol. The van der Waals surface area contributed by atoms with Gasteiger partial charge in [0.1, 0.15) is 0 Å². The summed E-state index contributed by atoms with van der Waals surface area (Å²) in [5.74, 6) is 0.644. The third kappa shape index (κ3) is 3.80. The molecule has 0 bridgehead atoms. The van der Waals surface area contributed by atoms with Gasteiger partial charge in [0, 0.05) is 20.2 Å². The number of aryl methyl sites for hydroxylation is 1. The molecule has 20 heavy (non-hydrogen) atoms. The number of hydrogen-bond acceptors (Lipinski definition) is 6. The molecule has 0 fully saturated rings. The van der Waals surface area contributed by atoms with Gasteiger partial charge in [-0.15, -0.1) is 5.10 Å². The molecule has 0 aliphatic heterocycles. The number of anilines is 1. The fourth-order valence-electron chi connectivity index (χ4n) is 1.96. The lowest BCUT2D eigenvalue weighted by Crippen LogP contribution is -2.27. The van der Waals surface area contributed by atoms with E-state index in [9.17, 15) is 0 Å². The molecule has 0 radical (unpaired) electrons. The summed E-state index contributed by atoms with van der Waals surface area (Å²) in [6.07, 6.45) is 2.67. The maximum atomic E-state index is 8.92. The van der Waals surface area contributed by atoms with Gasteiger partial charge in [-0.3, -0.25) is 0 Å². The summed E-state index contributed by atoms with van der Waals surface area (Å²) >= 11 is 0. The molecule has 0 spiro atoms. The third-order valence-electron chi connectivity index (χ3n) is 3.31. The molecule has 0 saturated carbocycles. The van der Waals surface area contributed by atoms with Crippen LogP contribution in [0.2, 0.25) is 0 Å². The van der Waals surface area contributed by atoms with Crippen molar-refractivity contribution in [3.8, 4) is 0 Å². The molecule has 0 saturated heterocycles. The standard InChI is InChI=1S/C13H23N5O2/c1-9-10(2)15-16-13(11(9)12(14)17-20)18(3)7-5-4-6-8-19/h19-20H,4-8H2,1-3H3,(H2,14,17). The number of rotatable bonds is 7. The van der Waals surface area contributed by atoms with Crippen LogP contribution in [0.5, 0.6) is 0 Å². The Balaban J connectivity index is 2.96. The lowest BCUT2D eigenvalue weighted by Gasteiger charge is -2.21. The van der Waals surface area contributed by atoms with Crippen LogP contribution in [0.4, 0.5) is 5.82 Å². The second-order valence-electron chi connectivity index (χ2n) is 4.80. The highest BCUT2D eigenvalue weighted by molar-refractivity contribution is 6.02. The van der Waals surface area contributed by atoms with Crippen LogP contribution >= 0.6 is 0 Å². The highest BCUT2D eigenvalue weighted by atomic mass is 16.4. The van der Waals surface area contributed by atoms with Gasteiger partial charge in [-0.25, -0.2) is 0 Å². The molecule has 0 amide bonds. The number of oxime groups is 1. The monoisotopic (exact) mass is 281 g/mol. The molecule has 112 valence electrons. The smallest absolute Gasteiger partial charge is 0.174 e. The molecule has 1 aromatic rings. The SMILES string of the molecule is Cc1nnc(N(C)CCCCCO)c(C(N)=NO)c1C. The Morgan fingerprint density at radius 2 is 1.95 bits per heavy atom. The van der Waals surface area contributed by atoms with E-state index in [0.29, 0.717) is 11.4 Å². The van der Waals surface area contributed by atoms with Crippen LogP contribution in [-0.4, -0.2) is 46.5 Å². The summed E-state index contributed by atoms with van der Waals surface area (Å²) in [5, 5.41) is 29.0. The maximum Gasteiger partial charge on any atom is 0.174 e. The van der Waals surface area contributed by atoms with E-state index in [4.69, 9.17) is 16.0 Å². The number of hydrogen-bond donors (Lipinski definition) is 3. The number of aliphatic hydroxyl groups is 1. The highest BCUT2D eigenvalue weighted by Gasteiger charge is 2.18. The van der Waals surface area contributed by atoms with E-state index < -0.39 is 0 Å². The van der Waals surface area contributed by atoms with Gasteiger partial charge < -0.3 is 20.9 Å². The second-order valence-corrected chi connectivity index (χ2v) is 4.80. The summed E-state index contributed by atoms with van der Waals surface area (Å²) < 4.78 is 0. The van der Waals surface area contributed by atoms with Crippen LogP contribution in [0.3, 0.4) is 0 Å². The Labute approximate surface area is 119 Å². The van der Waals surface area contributed by atoms with Crippen molar-refractivity contribution >= 4 is 11.7 Å². The van der Waals surface area contributed by atoms with Crippen LogP contribution in [0.25, 0.3) is 0 Å². The predicted molar refractivity (Wildman–Crippen MR) is 78.2 cm³/mol. The molecule has 4 N–H and O–H groups in total. The molecule has 7 heteroatoms. The Morgan fingerprint density at radius 3 is 2.55 bits per heavy atom. The van der Waals surface area contributed by atoms with E-state index >= 15 is 0 Å². The van der Waals surface area contributed by atoms with E-state index in [1.54, 1.807) is 0 Å². The summed E-state index contributed by atoms with van der Waals surface area (Å²) in [4.78, 5) is 1.93. The largest absolute Gasteiger partial charge is 0.409 e. The minimum Gasteiger partial charge on any atom is -0.409 e.